The van der Waals surface area contributed by atoms with Gasteiger partial charge in [-0.1, -0.05) is 24.3 Å². The summed E-state index contributed by atoms with van der Waals surface area (Å²) in [5.74, 6) is -0.357. The van der Waals surface area contributed by atoms with Gasteiger partial charge in [-0.25, -0.2) is 0 Å². The zero-order valence-corrected chi connectivity index (χ0v) is 18.0. The van der Waals surface area contributed by atoms with Crippen molar-refractivity contribution in [3.8, 4) is 17.2 Å². The molecule has 3 heterocycles. The Kier molecular flexibility index (Phi) is 4.38. The van der Waals surface area contributed by atoms with E-state index in [-0.39, 0.29) is 28.4 Å². The highest BCUT2D eigenvalue weighted by Crippen LogP contribution is 2.47. The number of rotatable bonds is 3. The number of Topliss-reactive ketones (excluding diaryl/α,β-unsaturated/α-hetero) is 1. The summed E-state index contributed by atoms with van der Waals surface area (Å²) in [6.07, 6.45) is 0. The summed E-state index contributed by atoms with van der Waals surface area (Å²) in [6.45, 7) is 0. The number of aromatic amines is 2. The highest BCUT2D eigenvalue weighted by atomic mass is 16.5. The zero-order valence-electron chi connectivity index (χ0n) is 18.0. The Hall–Kier alpha value is -4.65. The summed E-state index contributed by atoms with van der Waals surface area (Å²) in [6, 6.07) is 21.0. The number of ether oxygens (including phenoxy) is 2. The van der Waals surface area contributed by atoms with Crippen LogP contribution in [0, 0.1) is 0 Å². The van der Waals surface area contributed by atoms with Crippen LogP contribution in [-0.4, -0.2) is 22.9 Å². The average Bonchev–Trinajstić information content (AvgIpc) is 2.87. The molecule has 7 heteroatoms. The van der Waals surface area contributed by atoms with Gasteiger partial charge in [-0.2, -0.15) is 0 Å². The number of carbonyl (C=O) groups excluding carboxylic acids is 1. The number of nitrogens with one attached hydrogen (secondary N) is 2. The molecule has 7 nitrogen and oxygen atoms in total. The molecule has 34 heavy (non-hydrogen) atoms. The van der Waals surface area contributed by atoms with Crippen LogP contribution >= 0.6 is 0 Å². The normalized spacial score (nSPS) is 12.7. The third-order valence-corrected chi connectivity index (χ3v) is 6.24. The molecule has 0 saturated heterocycles. The van der Waals surface area contributed by atoms with Crippen LogP contribution < -0.4 is 20.6 Å². The van der Waals surface area contributed by atoms with Gasteiger partial charge in [0.05, 0.1) is 35.2 Å². The lowest BCUT2D eigenvalue weighted by atomic mass is 9.82. The van der Waals surface area contributed by atoms with Crippen LogP contribution in [0.3, 0.4) is 0 Å². The standard InChI is InChI=1S/C27H18N2O5/c1-33-15-12-10-14(11-13-15)23(30)20-21-24(16-6-2-4-8-18(16)28-26(21)31)34-25-17-7-3-5-9-19(17)29-27(32)22(20)25/h2-13,20H,1H3,(H,28,31)(H,29,32). The third kappa shape index (κ3) is 2.87. The summed E-state index contributed by atoms with van der Waals surface area (Å²) in [5, 5.41) is 1.30. The molecule has 2 aromatic heterocycles. The molecule has 0 atom stereocenters. The predicted molar refractivity (Wildman–Crippen MR) is 128 cm³/mol. The molecular weight excluding hydrogens is 432 g/mol. The van der Waals surface area contributed by atoms with Gasteiger partial charge in [0, 0.05) is 16.3 Å². The molecule has 0 aliphatic carbocycles. The van der Waals surface area contributed by atoms with E-state index in [9.17, 15) is 14.4 Å². The van der Waals surface area contributed by atoms with Crippen molar-refractivity contribution in [1.29, 1.82) is 0 Å². The van der Waals surface area contributed by atoms with Crippen molar-refractivity contribution < 1.29 is 14.3 Å². The van der Waals surface area contributed by atoms with Gasteiger partial charge in [0.15, 0.2) is 5.78 Å². The maximum Gasteiger partial charge on any atom is 0.256 e. The fraction of sp³-hybridized carbons (Fsp3) is 0.0741. The fourth-order valence-electron chi connectivity index (χ4n) is 4.63. The predicted octanol–water partition coefficient (Wildman–Crippen LogP) is 4.50. The number of benzene rings is 3. The second kappa shape index (κ2) is 7.45. The number of hydrogen-bond acceptors (Lipinski definition) is 5. The third-order valence-electron chi connectivity index (χ3n) is 6.24. The van der Waals surface area contributed by atoms with Gasteiger partial charge in [-0.3, -0.25) is 14.4 Å². The molecule has 2 N–H and O–H groups in total. The van der Waals surface area contributed by atoms with E-state index in [0.29, 0.717) is 33.1 Å². The van der Waals surface area contributed by atoms with E-state index in [1.54, 1.807) is 36.4 Å². The second-order valence-corrected chi connectivity index (χ2v) is 8.11. The van der Waals surface area contributed by atoms with E-state index in [1.165, 1.54) is 7.11 Å². The van der Waals surface area contributed by atoms with E-state index >= 15 is 0 Å². The molecular formula is C27H18N2O5. The van der Waals surface area contributed by atoms with Gasteiger partial charge in [-0.05, 0) is 48.5 Å². The summed E-state index contributed by atoms with van der Waals surface area (Å²) < 4.78 is 11.5. The van der Waals surface area contributed by atoms with Crippen molar-refractivity contribution in [3.63, 3.8) is 0 Å². The van der Waals surface area contributed by atoms with Crippen molar-refractivity contribution >= 4 is 27.6 Å². The van der Waals surface area contributed by atoms with E-state index in [2.05, 4.69) is 9.97 Å². The largest absolute Gasteiger partial charge is 0.497 e. The van der Waals surface area contributed by atoms with Gasteiger partial charge in [0.1, 0.15) is 17.2 Å². The molecule has 0 spiro atoms. The SMILES string of the molecule is COc1ccc(C(=O)C2c3c(c4ccccc4[nH]c3=O)Oc3c2c(=O)[nH]c2ccccc32)cc1. The van der Waals surface area contributed by atoms with Crippen LogP contribution in [0.5, 0.6) is 17.2 Å². The van der Waals surface area contributed by atoms with Crippen molar-refractivity contribution in [2.75, 3.05) is 7.11 Å². The maximum atomic E-state index is 13.9. The smallest absolute Gasteiger partial charge is 0.256 e. The van der Waals surface area contributed by atoms with Gasteiger partial charge in [-0.15, -0.1) is 0 Å². The number of hydrogen-bond donors (Lipinski definition) is 2. The van der Waals surface area contributed by atoms with Crippen molar-refractivity contribution in [3.05, 3.63) is 110 Å². The molecule has 0 bridgehead atoms. The molecule has 1 aliphatic rings. The minimum Gasteiger partial charge on any atom is -0.497 e. The van der Waals surface area contributed by atoms with Crippen LogP contribution in [-0.2, 0) is 0 Å². The second-order valence-electron chi connectivity index (χ2n) is 8.11. The van der Waals surface area contributed by atoms with Crippen LogP contribution in [0.4, 0.5) is 0 Å². The number of fused-ring (bicyclic) bond motifs is 6. The monoisotopic (exact) mass is 450 g/mol. The van der Waals surface area contributed by atoms with Gasteiger partial charge >= 0.3 is 0 Å². The van der Waals surface area contributed by atoms with Gasteiger partial charge in [0.2, 0.25) is 0 Å². The first-order valence-electron chi connectivity index (χ1n) is 10.7. The highest BCUT2D eigenvalue weighted by molar-refractivity contribution is 6.06. The summed E-state index contributed by atoms with van der Waals surface area (Å²) in [7, 11) is 1.54. The van der Waals surface area contributed by atoms with Crippen molar-refractivity contribution in [2.24, 2.45) is 0 Å². The number of aromatic nitrogens is 2. The molecule has 5 aromatic rings. The van der Waals surface area contributed by atoms with Crippen LogP contribution in [0.15, 0.2) is 82.4 Å². The van der Waals surface area contributed by atoms with E-state index in [1.807, 2.05) is 36.4 Å². The van der Waals surface area contributed by atoms with Gasteiger partial charge < -0.3 is 19.4 Å². The number of para-hydroxylation sites is 2. The molecule has 0 fully saturated rings. The highest BCUT2D eigenvalue weighted by Gasteiger charge is 2.39. The number of H-pyrrole nitrogens is 2. The molecule has 0 amide bonds. The van der Waals surface area contributed by atoms with E-state index < -0.39 is 17.0 Å². The van der Waals surface area contributed by atoms with Crippen LogP contribution in [0.2, 0.25) is 0 Å². The Labute approximate surface area is 192 Å². The van der Waals surface area contributed by atoms with Gasteiger partial charge in [0.25, 0.3) is 11.1 Å². The Balaban J connectivity index is 1.70. The first-order valence-corrected chi connectivity index (χ1v) is 10.7. The quantitative estimate of drug-likeness (QED) is 0.394. The first-order chi connectivity index (χ1) is 16.6. The topological polar surface area (TPSA) is 101 Å². The summed E-state index contributed by atoms with van der Waals surface area (Å²) >= 11 is 0. The van der Waals surface area contributed by atoms with Crippen LogP contribution in [0.1, 0.15) is 27.4 Å². The summed E-state index contributed by atoms with van der Waals surface area (Å²) in [4.78, 5) is 46.2. The minimum absolute atomic E-state index is 0.118. The number of carbonyl (C=O) groups is 1. The Morgan fingerprint density at radius 1 is 0.765 bits per heavy atom. The first kappa shape index (κ1) is 20.0. The van der Waals surface area contributed by atoms with Crippen LogP contribution in [0.25, 0.3) is 21.8 Å². The number of ketones is 1. The Morgan fingerprint density at radius 3 is 1.76 bits per heavy atom. The Bertz CT molecular complexity index is 1630. The molecule has 0 saturated carbocycles. The molecule has 6 rings (SSSR count). The molecule has 3 aromatic carbocycles. The van der Waals surface area contributed by atoms with E-state index in [0.717, 1.165) is 0 Å². The summed E-state index contributed by atoms with van der Waals surface area (Å²) in [5.41, 5.74) is 0.807. The lowest BCUT2D eigenvalue weighted by Crippen LogP contribution is -2.32. The van der Waals surface area contributed by atoms with E-state index in [4.69, 9.17) is 9.47 Å². The molecule has 0 radical (unpaired) electrons. The number of methoxy groups -OCH3 is 1. The minimum atomic E-state index is -1.14. The lowest BCUT2D eigenvalue weighted by Gasteiger charge is -2.28. The lowest BCUT2D eigenvalue weighted by molar-refractivity contribution is 0.0968. The molecule has 1 aliphatic heterocycles. The molecule has 166 valence electrons. The number of pyridine rings is 2. The Morgan fingerprint density at radius 2 is 1.26 bits per heavy atom. The zero-order chi connectivity index (χ0) is 23.4. The fourth-order valence-corrected chi connectivity index (χ4v) is 4.63. The maximum absolute atomic E-state index is 13.9. The van der Waals surface area contributed by atoms with Crippen molar-refractivity contribution in [1.82, 2.24) is 9.97 Å². The average molecular weight is 450 g/mol. The van der Waals surface area contributed by atoms with Crippen molar-refractivity contribution in [2.45, 2.75) is 5.92 Å². The molecule has 0 unspecified atom stereocenters.